The molecule has 4 aromatic rings. The van der Waals surface area contributed by atoms with Gasteiger partial charge >= 0.3 is 0 Å². The highest BCUT2D eigenvalue weighted by atomic mass is 16.5. The molecule has 1 aliphatic heterocycles. The summed E-state index contributed by atoms with van der Waals surface area (Å²) in [5.41, 5.74) is 11.4. The van der Waals surface area contributed by atoms with Gasteiger partial charge < -0.3 is 35.5 Å². The van der Waals surface area contributed by atoms with Gasteiger partial charge in [0.15, 0.2) is 5.82 Å². The number of benzene rings is 2. The third-order valence-electron chi connectivity index (χ3n) is 7.31. The molecule has 1 aliphatic rings. The molecule has 1 fully saturated rings. The van der Waals surface area contributed by atoms with Crippen LogP contribution in [0.25, 0.3) is 21.9 Å². The largest absolute Gasteiger partial charge is 0.396 e. The predicted octanol–water partition coefficient (Wildman–Crippen LogP) is 3.68. The average molecular weight is 519 g/mol. The van der Waals surface area contributed by atoms with Crippen LogP contribution >= 0.6 is 0 Å². The van der Waals surface area contributed by atoms with Crippen molar-refractivity contribution >= 4 is 33.7 Å². The Bertz CT molecular complexity index is 1370. The molecule has 2 aromatic heterocycles. The second-order valence-electron chi connectivity index (χ2n) is 9.99. The highest BCUT2D eigenvalue weighted by molar-refractivity contribution is 6.09. The standard InChI is InChI=1S/C29H38N6O3/c1-3-7-21(12-13-36)32-28-27-26(33-29(30)34-28)22-10-4-5-11-24(22)35(27)16-20-9-6-8-19(14-20)15-31-23-17-38-18-25(23)37-2/h4-6,8-11,14,21,23,25,31,36H,3,7,12-13,15-18H2,1-2H3,(H3,30,32,33,34)/t21-,23+,25+/m0/s1. The lowest BCUT2D eigenvalue weighted by Crippen LogP contribution is -2.39. The number of nitrogens with one attached hydrogen (secondary N) is 2. The van der Waals surface area contributed by atoms with Crippen LogP contribution in [-0.4, -0.2) is 64.8 Å². The zero-order chi connectivity index (χ0) is 26.5. The molecular weight excluding hydrogens is 480 g/mol. The normalized spacial score (nSPS) is 18.4. The number of fused-ring (bicyclic) bond motifs is 3. The molecule has 38 heavy (non-hydrogen) atoms. The number of methoxy groups -OCH3 is 1. The van der Waals surface area contributed by atoms with Crippen molar-refractivity contribution in [3.05, 3.63) is 59.7 Å². The highest BCUT2D eigenvalue weighted by Gasteiger charge is 2.27. The van der Waals surface area contributed by atoms with Gasteiger partial charge in [0.1, 0.15) is 11.0 Å². The third kappa shape index (κ3) is 5.61. The number of aliphatic hydroxyl groups excluding tert-OH is 1. The highest BCUT2D eigenvalue weighted by Crippen LogP contribution is 2.33. The number of nitrogens with zero attached hydrogens (tertiary/aromatic N) is 3. The molecule has 3 atom stereocenters. The maximum Gasteiger partial charge on any atom is 0.222 e. The molecule has 2 aromatic carbocycles. The molecule has 0 unspecified atom stereocenters. The fourth-order valence-electron chi connectivity index (χ4n) is 5.42. The van der Waals surface area contributed by atoms with Gasteiger partial charge in [0.2, 0.25) is 5.95 Å². The summed E-state index contributed by atoms with van der Waals surface area (Å²) in [5.74, 6) is 0.945. The number of hydrogen-bond donors (Lipinski definition) is 4. The second-order valence-corrected chi connectivity index (χ2v) is 9.99. The molecule has 5 N–H and O–H groups in total. The maximum atomic E-state index is 9.62. The minimum absolute atomic E-state index is 0.0801. The van der Waals surface area contributed by atoms with Crippen LogP contribution in [0.2, 0.25) is 0 Å². The lowest BCUT2D eigenvalue weighted by molar-refractivity contribution is 0.0732. The number of anilines is 2. The Hall–Kier alpha value is -3.24. The van der Waals surface area contributed by atoms with Crippen molar-refractivity contribution in [3.8, 4) is 0 Å². The quantitative estimate of drug-likeness (QED) is 0.224. The van der Waals surface area contributed by atoms with Crippen molar-refractivity contribution in [1.82, 2.24) is 19.9 Å². The van der Waals surface area contributed by atoms with Crippen LogP contribution in [0.4, 0.5) is 11.8 Å². The topological polar surface area (TPSA) is 119 Å². The third-order valence-corrected chi connectivity index (χ3v) is 7.31. The molecule has 0 radical (unpaired) electrons. The zero-order valence-electron chi connectivity index (χ0n) is 22.2. The monoisotopic (exact) mass is 518 g/mol. The van der Waals surface area contributed by atoms with Crippen molar-refractivity contribution in [3.63, 3.8) is 0 Å². The Morgan fingerprint density at radius 3 is 2.79 bits per heavy atom. The fourth-order valence-corrected chi connectivity index (χ4v) is 5.42. The van der Waals surface area contributed by atoms with E-state index in [0.717, 1.165) is 41.3 Å². The number of rotatable bonds is 12. The summed E-state index contributed by atoms with van der Waals surface area (Å²) in [4.78, 5) is 9.28. The molecule has 3 heterocycles. The average Bonchev–Trinajstić information content (AvgIpc) is 3.50. The van der Waals surface area contributed by atoms with E-state index >= 15 is 0 Å². The number of nitrogen functional groups attached to an aromatic ring is 1. The van der Waals surface area contributed by atoms with Crippen LogP contribution in [0, 0.1) is 0 Å². The van der Waals surface area contributed by atoms with Gasteiger partial charge in [-0.15, -0.1) is 0 Å². The molecule has 1 saturated heterocycles. The summed E-state index contributed by atoms with van der Waals surface area (Å²) in [6.07, 6.45) is 2.65. The Kier molecular flexibility index (Phi) is 8.38. The summed E-state index contributed by atoms with van der Waals surface area (Å²) in [6.45, 7) is 4.94. The van der Waals surface area contributed by atoms with Gasteiger partial charge in [-0.3, -0.25) is 0 Å². The number of aromatic nitrogens is 3. The van der Waals surface area contributed by atoms with E-state index in [1.807, 2.05) is 12.1 Å². The van der Waals surface area contributed by atoms with E-state index in [1.165, 1.54) is 11.1 Å². The van der Waals surface area contributed by atoms with Crippen molar-refractivity contribution < 1.29 is 14.6 Å². The zero-order valence-corrected chi connectivity index (χ0v) is 22.2. The van der Waals surface area contributed by atoms with Gasteiger partial charge in [-0.05, 0) is 30.0 Å². The van der Waals surface area contributed by atoms with Gasteiger partial charge in [0, 0.05) is 38.2 Å². The minimum atomic E-state index is 0.0801. The number of para-hydroxylation sites is 1. The minimum Gasteiger partial charge on any atom is -0.396 e. The predicted molar refractivity (Wildman–Crippen MR) is 151 cm³/mol. The summed E-state index contributed by atoms with van der Waals surface area (Å²) in [6, 6.07) is 17.2. The van der Waals surface area contributed by atoms with Gasteiger partial charge in [0.05, 0.1) is 30.9 Å². The fraction of sp³-hybridized carbons (Fsp3) is 0.448. The Morgan fingerprint density at radius 1 is 1.13 bits per heavy atom. The molecule has 0 saturated carbocycles. The number of nitrogens with two attached hydrogens (primary N) is 1. The summed E-state index contributed by atoms with van der Waals surface area (Å²) in [7, 11) is 1.73. The molecule has 0 aliphatic carbocycles. The van der Waals surface area contributed by atoms with Crippen LogP contribution in [0.1, 0.15) is 37.3 Å². The Labute approximate surface area is 223 Å². The van der Waals surface area contributed by atoms with Crippen molar-refractivity contribution in [2.24, 2.45) is 0 Å². The molecule has 9 nitrogen and oxygen atoms in total. The first-order valence-electron chi connectivity index (χ1n) is 13.4. The lowest BCUT2D eigenvalue weighted by atomic mass is 10.1. The van der Waals surface area contributed by atoms with E-state index in [0.29, 0.717) is 32.0 Å². The second kappa shape index (κ2) is 12.1. The molecular formula is C29H38N6O3. The van der Waals surface area contributed by atoms with Gasteiger partial charge in [0.25, 0.3) is 0 Å². The lowest BCUT2D eigenvalue weighted by Gasteiger charge is -2.20. The molecule has 0 amide bonds. The molecule has 0 bridgehead atoms. The number of ether oxygens (including phenoxy) is 2. The van der Waals surface area contributed by atoms with Crippen molar-refractivity contribution in [2.45, 2.75) is 57.5 Å². The smallest absolute Gasteiger partial charge is 0.222 e. The summed E-state index contributed by atoms with van der Waals surface area (Å²) in [5, 5.41) is 17.8. The van der Waals surface area contributed by atoms with Gasteiger partial charge in [-0.25, -0.2) is 4.98 Å². The van der Waals surface area contributed by atoms with Crippen LogP contribution in [-0.2, 0) is 22.6 Å². The molecule has 202 valence electrons. The van der Waals surface area contributed by atoms with E-state index in [2.05, 4.69) is 68.5 Å². The molecule has 5 rings (SSSR count). The first-order chi connectivity index (χ1) is 18.6. The SMILES string of the molecule is CCC[C@@H](CCO)Nc1nc(N)nc2c3ccccc3n(Cc3cccc(CN[C@@H]4COC[C@H]4OC)c3)c12. The first-order valence-corrected chi connectivity index (χ1v) is 13.4. The molecule has 9 heteroatoms. The summed E-state index contributed by atoms with van der Waals surface area (Å²) < 4.78 is 13.4. The van der Waals surface area contributed by atoms with Crippen LogP contribution in [0.3, 0.4) is 0 Å². The first kappa shape index (κ1) is 26.4. The number of hydrogen-bond acceptors (Lipinski definition) is 8. The maximum absolute atomic E-state index is 9.62. The Balaban J connectivity index is 1.49. The molecule has 0 spiro atoms. The van der Waals surface area contributed by atoms with E-state index in [1.54, 1.807) is 7.11 Å². The van der Waals surface area contributed by atoms with E-state index < -0.39 is 0 Å². The van der Waals surface area contributed by atoms with Gasteiger partial charge in [-0.1, -0.05) is 55.8 Å². The van der Waals surface area contributed by atoms with Crippen molar-refractivity contribution in [2.75, 3.05) is 38.0 Å². The summed E-state index contributed by atoms with van der Waals surface area (Å²) >= 11 is 0. The van der Waals surface area contributed by atoms with Gasteiger partial charge in [-0.2, -0.15) is 4.98 Å². The number of aliphatic hydroxyl groups is 1. The van der Waals surface area contributed by atoms with E-state index in [4.69, 9.17) is 15.2 Å². The Morgan fingerprint density at radius 2 is 1.97 bits per heavy atom. The van der Waals surface area contributed by atoms with Crippen LogP contribution in [0.5, 0.6) is 0 Å². The van der Waals surface area contributed by atoms with E-state index in [9.17, 15) is 5.11 Å². The van der Waals surface area contributed by atoms with E-state index in [-0.39, 0.29) is 30.7 Å². The van der Waals surface area contributed by atoms with Crippen LogP contribution < -0.4 is 16.4 Å². The van der Waals surface area contributed by atoms with Crippen molar-refractivity contribution in [1.29, 1.82) is 0 Å². The van der Waals surface area contributed by atoms with Crippen LogP contribution in [0.15, 0.2) is 48.5 Å².